The van der Waals surface area contributed by atoms with Gasteiger partial charge in [-0.15, -0.1) is 0 Å². The van der Waals surface area contributed by atoms with Gasteiger partial charge in [0.1, 0.15) is 0 Å². The zero-order valence-electron chi connectivity index (χ0n) is 8.26. The second kappa shape index (κ2) is 3.80. The van der Waals surface area contributed by atoms with Crippen LogP contribution in [-0.4, -0.2) is 19.5 Å². The summed E-state index contributed by atoms with van der Waals surface area (Å²) in [7, 11) is 1.66. The van der Waals surface area contributed by atoms with Crippen molar-refractivity contribution in [2.75, 3.05) is 13.6 Å². The molecule has 1 aliphatic rings. The quantitative estimate of drug-likeness (QED) is 0.684. The molecule has 1 aromatic carbocycles. The summed E-state index contributed by atoms with van der Waals surface area (Å²) in [5.74, 6) is -0.00803. The molecule has 0 fully saturated rings. The van der Waals surface area contributed by atoms with Crippen LogP contribution in [0.2, 0.25) is 0 Å². The molecule has 1 heterocycles. The maximum Gasteiger partial charge on any atom is 0.251 e. The van der Waals surface area contributed by atoms with Gasteiger partial charge in [0.2, 0.25) is 0 Å². The Kier molecular flexibility index (Phi) is 2.50. The third-order valence-electron chi connectivity index (χ3n) is 2.58. The molecule has 2 N–H and O–H groups in total. The molecule has 0 saturated heterocycles. The molecule has 0 radical (unpaired) electrons. The lowest BCUT2D eigenvalue weighted by Gasteiger charge is -2.17. The van der Waals surface area contributed by atoms with Gasteiger partial charge in [0.05, 0.1) is 0 Å². The van der Waals surface area contributed by atoms with E-state index >= 15 is 0 Å². The Morgan fingerprint density at radius 2 is 2.29 bits per heavy atom. The Morgan fingerprint density at radius 3 is 3.07 bits per heavy atom. The maximum absolute atomic E-state index is 11.4. The molecule has 0 bridgehead atoms. The SMILES string of the molecule is CNC(=O)c1ccc2c(c1)CCNC2. The predicted molar refractivity (Wildman–Crippen MR) is 55.2 cm³/mol. The third-order valence-corrected chi connectivity index (χ3v) is 2.58. The molecule has 0 aromatic heterocycles. The van der Waals surface area contributed by atoms with Gasteiger partial charge >= 0.3 is 0 Å². The molecule has 0 unspecified atom stereocenters. The van der Waals surface area contributed by atoms with Crippen molar-refractivity contribution in [1.29, 1.82) is 0 Å². The van der Waals surface area contributed by atoms with Gasteiger partial charge in [0.15, 0.2) is 0 Å². The summed E-state index contributed by atoms with van der Waals surface area (Å²) in [6.07, 6.45) is 1.01. The van der Waals surface area contributed by atoms with Crippen molar-refractivity contribution >= 4 is 5.91 Å². The van der Waals surface area contributed by atoms with Crippen LogP contribution >= 0.6 is 0 Å². The molecular formula is C11H14N2O. The van der Waals surface area contributed by atoms with Gasteiger partial charge in [-0.25, -0.2) is 0 Å². The number of nitrogens with one attached hydrogen (secondary N) is 2. The van der Waals surface area contributed by atoms with E-state index in [-0.39, 0.29) is 5.91 Å². The van der Waals surface area contributed by atoms with Crippen LogP contribution in [0, 0.1) is 0 Å². The first kappa shape index (κ1) is 9.21. The molecule has 0 saturated carbocycles. The van der Waals surface area contributed by atoms with Gasteiger partial charge in [0.25, 0.3) is 5.91 Å². The van der Waals surface area contributed by atoms with E-state index in [0.29, 0.717) is 0 Å². The molecular weight excluding hydrogens is 176 g/mol. The van der Waals surface area contributed by atoms with E-state index in [1.54, 1.807) is 7.05 Å². The van der Waals surface area contributed by atoms with E-state index in [2.05, 4.69) is 10.6 Å². The van der Waals surface area contributed by atoms with Gasteiger partial charge < -0.3 is 10.6 Å². The molecule has 3 nitrogen and oxygen atoms in total. The van der Waals surface area contributed by atoms with Gasteiger partial charge in [0, 0.05) is 19.2 Å². The Balaban J connectivity index is 2.33. The fourth-order valence-electron chi connectivity index (χ4n) is 1.76. The maximum atomic E-state index is 11.4. The average Bonchev–Trinajstić information content (AvgIpc) is 2.27. The summed E-state index contributed by atoms with van der Waals surface area (Å²) >= 11 is 0. The summed E-state index contributed by atoms with van der Waals surface area (Å²) in [5.41, 5.74) is 3.36. The van der Waals surface area contributed by atoms with Crippen LogP contribution in [0.25, 0.3) is 0 Å². The molecule has 0 aliphatic carbocycles. The second-order valence-electron chi connectivity index (χ2n) is 3.49. The van der Waals surface area contributed by atoms with E-state index in [0.717, 1.165) is 25.1 Å². The van der Waals surface area contributed by atoms with E-state index < -0.39 is 0 Å². The number of benzene rings is 1. The Labute approximate surface area is 83.5 Å². The van der Waals surface area contributed by atoms with Crippen LogP contribution in [-0.2, 0) is 13.0 Å². The highest BCUT2D eigenvalue weighted by Crippen LogP contribution is 2.15. The zero-order chi connectivity index (χ0) is 9.97. The monoisotopic (exact) mass is 190 g/mol. The predicted octanol–water partition coefficient (Wildman–Crippen LogP) is 0.692. The van der Waals surface area contributed by atoms with Crippen molar-refractivity contribution in [3.8, 4) is 0 Å². The molecule has 0 spiro atoms. The normalized spacial score (nSPS) is 14.6. The zero-order valence-corrected chi connectivity index (χ0v) is 8.26. The van der Waals surface area contributed by atoms with Gasteiger partial charge in [-0.2, -0.15) is 0 Å². The van der Waals surface area contributed by atoms with Crippen molar-refractivity contribution < 1.29 is 4.79 Å². The van der Waals surface area contributed by atoms with Crippen molar-refractivity contribution in [3.63, 3.8) is 0 Å². The summed E-state index contributed by atoms with van der Waals surface area (Å²) in [5, 5.41) is 5.94. The Hall–Kier alpha value is -1.35. The number of hydrogen-bond donors (Lipinski definition) is 2. The van der Waals surface area contributed by atoms with Crippen LogP contribution in [0.5, 0.6) is 0 Å². The van der Waals surface area contributed by atoms with Crippen molar-refractivity contribution in [2.24, 2.45) is 0 Å². The lowest BCUT2D eigenvalue weighted by atomic mass is 9.98. The highest BCUT2D eigenvalue weighted by Gasteiger charge is 2.11. The lowest BCUT2D eigenvalue weighted by Crippen LogP contribution is -2.24. The van der Waals surface area contributed by atoms with Crippen LogP contribution < -0.4 is 10.6 Å². The smallest absolute Gasteiger partial charge is 0.251 e. The van der Waals surface area contributed by atoms with E-state index in [1.165, 1.54) is 11.1 Å². The fraction of sp³-hybridized carbons (Fsp3) is 0.364. The molecule has 1 aliphatic heterocycles. The van der Waals surface area contributed by atoms with Gasteiger partial charge in [-0.1, -0.05) is 6.07 Å². The second-order valence-corrected chi connectivity index (χ2v) is 3.49. The van der Waals surface area contributed by atoms with Crippen molar-refractivity contribution in [2.45, 2.75) is 13.0 Å². The molecule has 1 aromatic rings. The summed E-state index contributed by atoms with van der Waals surface area (Å²) in [4.78, 5) is 11.4. The van der Waals surface area contributed by atoms with Crippen molar-refractivity contribution in [1.82, 2.24) is 10.6 Å². The number of hydrogen-bond acceptors (Lipinski definition) is 2. The standard InChI is InChI=1S/C11H14N2O/c1-12-11(14)9-2-3-10-7-13-5-4-8(10)6-9/h2-3,6,13H,4-5,7H2,1H3,(H,12,14). The Morgan fingerprint density at radius 1 is 1.43 bits per heavy atom. The largest absolute Gasteiger partial charge is 0.355 e. The minimum absolute atomic E-state index is 0.00803. The third kappa shape index (κ3) is 1.63. The van der Waals surface area contributed by atoms with Crippen LogP contribution in [0.4, 0.5) is 0 Å². The topological polar surface area (TPSA) is 41.1 Å². The highest BCUT2D eigenvalue weighted by molar-refractivity contribution is 5.94. The lowest BCUT2D eigenvalue weighted by molar-refractivity contribution is 0.0963. The molecule has 74 valence electrons. The molecule has 1 amide bonds. The van der Waals surface area contributed by atoms with E-state index in [1.807, 2.05) is 18.2 Å². The number of rotatable bonds is 1. The number of amides is 1. The van der Waals surface area contributed by atoms with Gasteiger partial charge in [-0.3, -0.25) is 4.79 Å². The first-order valence-corrected chi connectivity index (χ1v) is 4.86. The molecule has 0 atom stereocenters. The highest BCUT2D eigenvalue weighted by atomic mass is 16.1. The average molecular weight is 190 g/mol. The Bertz CT molecular complexity index is 360. The molecule has 3 heteroatoms. The summed E-state index contributed by atoms with van der Waals surface area (Å²) < 4.78 is 0. The summed E-state index contributed by atoms with van der Waals surface area (Å²) in [6, 6.07) is 5.91. The van der Waals surface area contributed by atoms with Crippen LogP contribution in [0.3, 0.4) is 0 Å². The fourth-order valence-corrected chi connectivity index (χ4v) is 1.76. The van der Waals surface area contributed by atoms with Crippen molar-refractivity contribution in [3.05, 3.63) is 34.9 Å². The van der Waals surface area contributed by atoms with Crippen LogP contribution in [0.1, 0.15) is 21.5 Å². The molecule has 2 rings (SSSR count). The molecule has 14 heavy (non-hydrogen) atoms. The van der Waals surface area contributed by atoms with Gasteiger partial charge in [-0.05, 0) is 36.2 Å². The van der Waals surface area contributed by atoms with E-state index in [9.17, 15) is 4.79 Å². The minimum Gasteiger partial charge on any atom is -0.355 e. The van der Waals surface area contributed by atoms with E-state index in [4.69, 9.17) is 0 Å². The number of fused-ring (bicyclic) bond motifs is 1. The first-order chi connectivity index (χ1) is 6.81. The van der Waals surface area contributed by atoms with Crippen LogP contribution in [0.15, 0.2) is 18.2 Å². The number of carbonyl (C=O) groups excluding carboxylic acids is 1. The first-order valence-electron chi connectivity index (χ1n) is 4.86. The number of carbonyl (C=O) groups is 1. The summed E-state index contributed by atoms with van der Waals surface area (Å²) in [6.45, 7) is 1.92. The minimum atomic E-state index is -0.00803.